The first-order chi connectivity index (χ1) is 19.1. The summed E-state index contributed by atoms with van der Waals surface area (Å²) in [6.45, 7) is 16.4. The van der Waals surface area contributed by atoms with Crippen LogP contribution < -0.4 is 9.80 Å². The Balaban J connectivity index is 1.92. The molecule has 1 fully saturated rings. The number of carbonyl (C=O) groups is 1. The number of hydrogen-bond donors (Lipinski definition) is 0. The largest absolute Gasteiger partial charge is 0.340 e. The summed E-state index contributed by atoms with van der Waals surface area (Å²) in [7, 11) is 0. The number of carbonyl (C=O) groups excluding carboxylic acids is 1. The van der Waals surface area contributed by atoms with Crippen LogP contribution in [0, 0.1) is 55.4 Å². The van der Waals surface area contributed by atoms with Gasteiger partial charge >= 0.3 is 6.03 Å². The molecule has 0 N–H and O–H groups in total. The smallest absolute Gasteiger partial charge is 0.247 e. The fourth-order valence-electron chi connectivity index (χ4n) is 5.58. The number of aryl methyl sites for hydroxylation is 8. The summed E-state index contributed by atoms with van der Waals surface area (Å²) in [5.41, 5.74) is 11.5. The monoisotopic (exact) mass is 528 g/mol. The van der Waals surface area contributed by atoms with E-state index in [-0.39, 0.29) is 6.03 Å². The third-order valence-electron chi connectivity index (χ3n) is 7.65. The second-order valence-corrected chi connectivity index (χ2v) is 10.8. The van der Waals surface area contributed by atoms with Gasteiger partial charge in [0, 0.05) is 0 Å². The van der Waals surface area contributed by atoms with E-state index in [1.165, 1.54) is 0 Å². The molecule has 1 aliphatic rings. The molecule has 40 heavy (non-hydrogen) atoms. The third-order valence-corrected chi connectivity index (χ3v) is 7.65. The second kappa shape index (κ2) is 10.6. The first-order valence-electron chi connectivity index (χ1n) is 13.7. The van der Waals surface area contributed by atoms with E-state index in [1.807, 2.05) is 76.2 Å². The van der Waals surface area contributed by atoms with Crippen LogP contribution >= 0.6 is 0 Å². The summed E-state index contributed by atoms with van der Waals surface area (Å²) in [5.74, 6) is 1.04. The standard InChI is InChI=1S/C35H36N4O/c1-21-13-9-14-22(2)29(21)36-33-34(37-30-23(3)15-10-16-24(30)4)39(32-27(7)19-12-20-28(32)8)35(40)38(33)31-25(5)17-11-18-26(31)6/h9-20H,1-8H3/b36-33-,37-34+. The topological polar surface area (TPSA) is 48.3 Å². The minimum Gasteiger partial charge on any atom is -0.247 e. The molecule has 0 spiro atoms. The number of hydrogen-bond acceptors (Lipinski definition) is 3. The average molecular weight is 529 g/mol. The van der Waals surface area contributed by atoms with Gasteiger partial charge in [0.1, 0.15) is 0 Å². The zero-order valence-corrected chi connectivity index (χ0v) is 24.6. The molecule has 0 radical (unpaired) electrons. The molecule has 1 saturated heterocycles. The lowest BCUT2D eigenvalue weighted by atomic mass is 10.1. The van der Waals surface area contributed by atoms with Gasteiger partial charge in [-0.15, -0.1) is 0 Å². The molecule has 5 heteroatoms. The molecule has 0 aromatic heterocycles. The Morgan fingerprint density at radius 2 is 0.675 bits per heavy atom. The maximum absolute atomic E-state index is 14.7. The van der Waals surface area contributed by atoms with Crippen molar-refractivity contribution in [1.82, 2.24) is 0 Å². The van der Waals surface area contributed by atoms with Crippen LogP contribution in [0.1, 0.15) is 44.5 Å². The molecule has 1 heterocycles. The summed E-state index contributed by atoms with van der Waals surface area (Å²) in [4.78, 5) is 28.8. The molecular formula is C35H36N4O. The van der Waals surface area contributed by atoms with Gasteiger partial charge in [-0.1, -0.05) is 72.8 Å². The number of amidine groups is 2. The van der Waals surface area contributed by atoms with Crippen molar-refractivity contribution >= 4 is 40.5 Å². The quantitative estimate of drug-likeness (QED) is 0.261. The van der Waals surface area contributed by atoms with E-state index in [1.54, 1.807) is 9.80 Å². The molecule has 5 rings (SSSR count). The van der Waals surface area contributed by atoms with Crippen molar-refractivity contribution < 1.29 is 4.79 Å². The summed E-state index contributed by atoms with van der Waals surface area (Å²) in [6.07, 6.45) is 0. The predicted octanol–water partition coefficient (Wildman–Crippen LogP) is 9.06. The van der Waals surface area contributed by atoms with Gasteiger partial charge in [-0.3, -0.25) is 0 Å². The Kier molecular flexibility index (Phi) is 7.16. The minimum atomic E-state index is -0.190. The Hall–Kier alpha value is -4.51. The van der Waals surface area contributed by atoms with Crippen molar-refractivity contribution in [2.45, 2.75) is 55.4 Å². The fraction of sp³-hybridized carbons (Fsp3) is 0.229. The van der Waals surface area contributed by atoms with Gasteiger partial charge in [0.15, 0.2) is 11.7 Å². The number of aliphatic imine (C=N–C) groups is 2. The summed E-state index contributed by atoms with van der Waals surface area (Å²) < 4.78 is 0. The zero-order valence-electron chi connectivity index (χ0n) is 24.6. The molecule has 0 atom stereocenters. The number of urea groups is 1. The highest BCUT2D eigenvalue weighted by atomic mass is 16.2. The highest BCUT2D eigenvalue weighted by Crippen LogP contribution is 2.38. The molecule has 2 amide bonds. The number of amides is 2. The van der Waals surface area contributed by atoms with Gasteiger partial charge in [0.05, 0.1) is 22.7 Å². The summed E-state index contributed by atoms with van der Waals surface area (Å²) >= 11 is 0. The van der Waals surface area contributed by atoms with Crippen LogP contribution in [0.15, 0.2) is 82.8 Å². The number of rotatable bonds is 4. The number of para-hydroxylation sites is 4. The molecule has 0 aliphatic carbocycles. The molecule has 5 nitrogen and oxygen atoms in total. The van der Waals surface area contributed by atoms with E-state index >= 15 is 0 Å². The van der Waals surface area contributed by atoms with Crippen LogP contribution in [0.5, 0.6) is 0 Å². The zero-order chi connectivity index (χ0) is 28.7. The number of anilines is 2. The van der Waals surface area contributed by atoms with Crippen molar-refractivity contribution in [2.75, 3.05) is 9.80 Å². The van der Waals surface area contributed by atoms with Gasteiger partial charge < -0.3 is 0 Å². The normalized spacial score (nSPS) is 15.6. The predicted molar refractivity (Wildman–Crippen MR) is 168 cm³/mol. The van der Waals surface area contributed by atoms with Gasteiger partial charge in [-0.25, -0.2) is 24.6 Å². The highest BCUT2D eigenvalue weighted by molar-refractivity contribution is 6.64. The highest BCUT2D eigenvalue weighted by Gasteiger charge is 2.45. The second-order valence-electron chi connectivity index (χ2n) is 10.8. The van der Waals surface area contributed by atoms with E-state index in [0.29, 0.717) is 11.7 Å². The van der Waals surface area contributed by atoms with Gasteiger partial charge in [0.2, 0.25) is 0 Å². The van der Waals surface area contributed by atoms with E-state index < -0.39 is 0 Å². The van der Waals surface area contributed by atoms with Crippen molar-refractivity contribution in [3.8, 4) is 0 Å². The lowest BCUT2D eigenvalue weighted by Gasteiger charge is -2.23. The first kappa shape index (κ1) is 27.1. The van der Waals surface area contributed by atoms with Gasteiger partial charge in [-0.05, 0) is 99.9 Å². The van der Waals surface area contributed by atoms with E-state index in [4.69, 9.17) is 9.98 Å². The fourth-order valence-corrected chi connectivity index (χ4v) is 5.58. The first-order valence-corrected chi connectivity index (χ1v) is 13.7. The molecule has 0 saturated carbocycles. The Labute approximate surface area is 237 Å². The van der Waals surface area contributed by atoms with Crippen LogP contribution in [0.2, 0.25) is 0 Å². The Bertz CT molecular complexity index is 1510. The van der Waals surface area contributed by atoms with Crippen molar-refractivity contribution in [2.24, 2.45) is 9.98 Å². The maximum Gasteiger partial charge on any atom is 0.340 e. The Morgan fingerprint density at radius 1 is 0.425 bits per heavy atom. The van der Waals surface area contributed by atoms with Crippen molar-refractivity contribution in [3.05, 3.63) is 117 Å². The van der Waals surface area contributed by atoms with Crippen molar-refractivity contribution in [3.63, 3.8) is 0 Å². The minimum absolute atomic E-state index is 0.190. The molecule has 0 unspecified atom stereocenters. The molecule has 0 bridgehead atoms. The molecular weight excluding hydrogens is 492 g/mol. The van der Waals surface area contributed by atoms with Gasteiger partial charge in [0.25, 0.3) is 0 Å². The summed E-state index contributed by atoms with van der Waals surface area (Å²) in [5, 5.41) is 0. The van der Waals surface area contributed by atoms with E-state index in [2.05, 4.69) is 52.0 Å². The average Bonchev–Trinajstić information content (AvgIpc) is 3.14. The maximum atomic E-state index is 14.7. The molecule has 4 aromatic rings. The van der Waals surface area contributed by atoms with Crippen LogP contribution in [-0.4, -0.2) is 17.7 Å². The lowest BCUT2D eigenvalue weighted by Crippen LogP contribution is -2.35. The van der Waals surface area contributed by atoms with Crippen LogP contribution in [0.3, 0.4) is 0 Å². The molecule has 1 aliphatic heterocycles. The van der Waals surface area contributed by atoms with Crippen LogP contribution in [-0.2, 0) is 0 Å². The number of nitrogens with zero attached hydrogens (tertiary/aromatic N) is 4. The SMILES string of the molecule is Cc1cccc(C)c1/N=C1/C(=N\c2c(C)cccc2C)N(c2c(C)cccc2C)C(=O)N1c1c(C)cccc1C. The van der Waals surface area contributed by atoms with E-state index in [9.17, 15) is 4.79 Å². The Morgan fingerprint density at radius 3 is 0.950 bits per heavy atom. The van der Waals surface area contributed by atoms with E-state index in [0.717, 1.165) is 67.3 Å². The molecule has 202 valence electrons. The third kappa shape index (κ3) is 4.62. The lowest BCUT2D eigenvalue weighted by molar-refractivity contribution is 0.257. The number of benzene rings is 4. The van der Waals surface area contributed by atoms with Crippen LogP contribution in [0.25, 0.3) is 0 Å². The van der Waals surface area contributed by atoms with Crippen LogP contribution in [0.4, 0.5) is 27.5 Å². The molecule has 4 aromatic carbocycles. The van der Waals surface area contributed by atoms with Crippen molar-refractivity contribution in [1.29, 1.82) is 0 Å². The summed E-state index contributed by atoms with van der Waals surface area (Å²) in [6, 6.07) is 24.3. The van der Waals surface area contributed by atoms with Gasteiger partial charge in [-0.2, -0.15) is 0 Å².